The molecule has 5 nitrogen and oxygen atoms in total. The molecule has 7 heteroatoms. The minimum absolute atomic E-state index is 0.0287. The molecule has 4 rings (SSSR count). The molecule has 0 spiro atoms. The van der Waals surface area contributed by atoms with E-state index in [0.29, 0.717) is 36.9 Å². The Kier molecular flexibility index (Phi) is 6.35. The molecule has 1 saturated heterocycles. The quantitative estimate of drug-likeness (QED) is 0.590. The third-order valence-corrected chi connectivity index (χ3v) is 6.23. The van der Waals surface area contributed by atoms with Crippen LogP contribution in [0.25, 0.3) is 11.1 Å². The summed E-state index contributed by atoms with van der Waals surface area (Å²) in [5, 5.41) is 5.41. The maximum absolute atomic E-state index is 13.2. The fourth-order valence-corrected chi connectivity index (χ4v) is 4.63. The molecule has 0 saturated carbocycles. The lowest BCUT2D eigenvalue weighted by atomic mass is 10.1. The number of rotatable bonds is 3. The number of carbonyl (C=O) groups excluding carboxylic acids is 2. The second kappa shape index (κ2) is 9.32. The number of halogens is 1. The number of hydrogen-bond donors (Lipinski definition) is 1. The van der Waals surface area contributed by atoms with Crippen LogP contribution in [0.15, 0.2) is 66.0 Å². The molecule has 3 amide bonds. The summed E-state index contributed by atoms with van der Waals surface area (Å²) in [4.78, 5) is 30.2. The minimum Gasteiger partial charge on any atom is -0.336 e. The number of thiophene rings is 1. The summed E-state index contributed by atoms with van der Waals surface area (Å²) in [7, 11) is 0. The molecule has 0 unspecified atom stereocenters. The molecule has 1 fully saturated rings. The van der Waals surface area contributed by atoms with Gasteiger partial charge in [-0.15, -0.1) is 11.3 Å². The van der Waals surface area contributed by atoms with Crippen molar-refractivity contribution in [2.24, 2.45) is 0 Å². The van der Waals surface area contributed by atoms with Crippen LogP contribution in [0.4, 0.5) is 10.5 Å². The lowest BCUT2D eigenvalue weighted by Crippen LogP contribution is -2.39. The summed E-state index contributed by atoms with van der Waals surface area (Å²) in [6.45, 7) is 2.23. The van der Waals surface area contributed by atoms with Crippen LogP contribution in [0.1, 0.15) is 16.1 Å². The lowest BCUT2D eigenvalue weighted by Gasteiger charge is -2.22. The normalized spacial score (nSPS) is 14.3. The molecule has 2 aromatic carbocycles. The first kappa shape index (κ1) is 20.4. The van der Waals surface area contributed by atoms with Crippen molar-refractivity contribution in [3.05, 3.63) is 75.9 Å². The monoisotopic (exact) mass is 439 g/mol. The van der Waals surface area contributed by atoms with Gasteiger partial charge >= 0.3 is 6.03 Å². The Bertz CT molecular complexity index is 1040. The van der Waals surface area contributed by atoms with Gasteiger partial charge in [0.1, 0.15) is 0 Å². The SMILES string of the molecule is O=C(Nc1cccc(Cl)c1)N1CCCN(C(=O)c2sccc2-c2ccccc2)CC1. The third kappa shape index (κ3) is 4.66. The van der Waals surface area contributed by atoms with E-state index in [0.717, 1.165) is 22.4 Å². The first-order chi connectivity index (χ1) is 14.6. The first-order valence-corrected chi connectivity index (χ1v) is 11.1. The second-order valence-electron chi connectivity index (χ2n) is 7.10. The van der Waals surface area contributed by atoms with Gasteiger partial charge in [0, 0.05) is 42.5 Å². The van der Waals surface area contributed by atoms with E-state index in [9.17, 15) is 9.59 Å². The summed E-state index contributed by atoms with van der Waals surface area (Å²) in [6, 6.07) is 18.9. The number of carbonyl (C=O) groups is 2. The molecule has 1 aliphatic heterocycles. The number of urea groups is 1. The topological polar surface area (TPSA) is 52.7 Å². The molecule has 0 atom stereocenters. The molecular formula is C23H22ClN3O2S. The number of anilines is 1. The van der Waals surface area contributed by atoms with E-state index in [2.05, 4.69) is 5.32 Å². The Balaban J connectivity index is 1.42. The number of amides is 3. The summed E-state index contributed by atoms with van der Waals surface area (Å²) in [6.07, 6.45) is 0.737. The van der Waals surface area contributed by atoms with Gasteiger partial charge in [0.25, 0.3) is 5.91 Å². The maximum Gasteiger partial charge on any atom is 0.321 e. The highest BCUT2D eigenvalue weighted by atomic mass is 35.5. The van der Waals surface area contributed by atoms with E-state index in [1.54, 1.807) is 29.2 Å². The van der Waals surface area contributed by atoms with E-state index < -0.39 is 0 Å². The number of benzene rings is 2. The van der Waals surface area contributed by atoms with Crippen molar-refractivity contribution in [3.8, 4) is 11.1 Å². The Labute approximate surface area is 184 Å². The zero-order chi connectivity index (χ0) is 20.9. The Morgan fingerprint density at radius 2 is 1.67 bits per heavy atom. The predicted octanol–water partition coefficient (Wildman–Crippen LogP) is 5.45. The summed E-state index contributed by atoms with van der Waals surface area (Å²) in [5.74, 6) is 0.0287. The summed E-state index contributed by atoms with van der Waals surface area (Å²) < 4.78 is 0. The number of nitrogens with zero attached hydrogens (tertiary/aromatic N) is 2. The van der Waals surface area contributed by atoms with Crippen LogP contribution in [0.2, 0.25) is 5.02 Å². The smallest absolute Gasteiger partial charge is 0.321 e. The molecular weight excluding hydrogens is 418 g/mol. The predicted molar refractivity (Wildman–Crippen MR) is 122 cm³/mol. The van der Waals surface area contributed by atoms with Gasteiger partial charge in [0.05, 0.1) is 4.88 Å². The average Bonchev–Trinajstić information content (AvgIpc) is 3.11. The van der Waals surface area contributed by atoms with Crippen molar-refractivity contribution in [3.63, 3.8) is 0 Å². The molecule has 1 N–H and O–H groups in total. The fraction of sp³-hybridized carbons (Fsp3) is 0.217. The van der Waals surface area contributed by atoms with E-state index in [-0.39, 0.29) is 11.9 Å². The Morgan fingerprint density at radius 3 is 2.47 bits per heavy atom. The van der Waals surface area contributed by atoms with Gasteiger partial charge in [-0.3, -0.25) is 4.79 Å². The first-order valence-electron chi connectivity index (χ1n) is 9.85. The molecule has 0 aliphatic carbocycles. The highest BCUT2D eigenvalue weighted by Crippen LogP contribution is 2.29. The number of nitrogens with one attached hydrogen (secondary N) is 1. The molecule has 30 heavy (non-hydrogen) atoms. The van der Waals surface area contributed by atoms with E-state index in [1.807, 2.05) is 46.7 Å². The highest BCUT2D eigenvalue weighted by molar-refractivity contribution is 7.12. The van der Waals surface area contributed by atoms with Crippen LogP contribution in [-0.4, -0.2) is 47.9 Å². The maximum atomic E-state index is 13.2. The average molecular weight is 440 g/mol. The van der Waals surface area contributed by atoms with Crippen molar-refractivity contribution in [2.75, 3.05) is 31.5 Å². The largest absolute Gasteiger partial charge is 0.336 e. The van der Waals surface area contributed by atoms with Crippen molar-refractivity contribution in [2.45, 2.75) is 6.42 Å². The zero-order valence-electron chi connectivity index (χ0n) is 16.4. The molecule has 0 radical (unpaired) electrons. The summed E-state index contributed by atoms with van der Waals surface area (Å²) in [5.41, 5.74) is 2.67. The van der Waals surface area contributed by atoms with Gasteiger partial charge in [-0.05, 0) is 41.6 Å². The van der Waals surface area contributed by atoms with E-state index >= 15 is 0 Å². The van der Waals surface area contributed by atoms with Crippen LogP contribution in [0, 0.1) is 0 Å². The van der Waals surface area contributed by atoms with Crippen molar-refractivity contribution >= 4 is 40.6 Å². The van der Waals surface area contributed by atoms with Crippen molar-refractivity contribution < 1.29 is 9.59 Å². The third-order valence-electron chi connectivity index (χ3n) is 5.09. The van der Waals surface area contributed by atoms with Crippen LogP contribution < -0.4 is 5.32 Å². The van der Waals surface area contributed by atoms with Gasteiger partial charge in [-0.1, -0.05) is 48.0 Å². The van der Waals surface area contributed by atoms with Gasteiger partial charge in [0.2, 0.25) is 0 Å². The van der Waals surface area contributed by atoms with Gasteiger partial charge in [0.15, 0.2) is 0 Å². The molecule has 1 aromatic heterocycles. The zero-order valence-corrected chi connectivity index (χ0v) is 18.0. The van der Waals surface area contributed by atoms with Gasteiger partial charge in [-0.25, -0.2) is 4.79 Å². The van der Waals surface area contributed by atoms with Gasteiger partial charge in [-0.2, -0.15) is 0 Å². The standard InChI is InChI=1S/C23H22ClN3O2S/c24-18-8-4-9-19(16-18)25-23(29)27-12-5-11-26(13-14-27)22(28)21-20(10-15-30-21)17-6-2-1-3-7-17/h1-4,6-10,15-16H,5,11-14H2,(H,25,29). The molecule has 3 aromatic rings. The van der Waals surface area contributed by atoms with Crippen LogP contribution in [0.3, 0.4) is 0 Å². The van der Waals surface area contributed by atoms with Crippen LogP contribution in [0.5, 0.6) is 0 Å². The minimum atomic E-state index is -0.173. The molecule has 2 heterocycles. The second-order valence-corrected chi connectivity index (χ2v) is 8.46. The van der Waals surface area contributed by atoms with Crippen LogP contribution >= 0.6 is 22.9 Å². The Morgan fingerprint density at radius 1 is 0.900 bits per heavy atom. The van der Waals surface area contributed by atoms with Gasteiger partial charge < -0.3 is 15.1 Å². The molecule has 1 aliphatic rings. The van der Waals surface area contributed by atoms with Crippen molar-refractivity contribution in [1.29, 1.82) is 0 Å². The molecule has 154 valence electrons. The van der Waals surface area contributed by atoms with E-state index in [1.165, 1.54) is 11.3 Å². The Hall–Kier alpha value is -2.83. The summed E-state index contributed by atoms with van der Waals surface area (Å²) >= 11 is 7.46. The van der Waals surface area contributed by atoms with Crippen LogP contribution in [-0.2, 0) is 0 Å². The molecule has 0 bridgehead atoms. The lowest BCUT2D eigenvalue weighted by molar-refractivity contribution is 0.0768. The van der Waals surface area contributed by atoms with Crippen molar-refractivity contribution in [1.82, 2.24) is 9.80 Å². The number of hydrogen-bond acceptors (Lipinski definition) is 3. The fourth-order valence-electron chi connectivity index (χ4n) is 3.56. The van der Waals surface area contributed by atoms with E-state index in [4.69, 9.17) is 11.6 Å². The highest BCUT2D eigenvalue weighted by Gasteiger charge is 2.25.